The van der Waals surface area contributed by atoms with Gasteiger partial charge in [-0.05, 0) is 48.0 Å². The SMILES string of the molecule is O=C(Nc1cc(F)c2c(c1)C(F)(F)C(F)(F)O2)n1cc(-c2ccc(F)cc2)c(-c2ccc(F)cc2)n1. The number of aromatic nitrogens is 2. The van der Waals surface area contributed by atoms with Gasteiger partial charge >= 0.3 is 18.1 Å². The van der Waals surface area contributed by atoms with Gasteiger partial charge in [-0.25, -0.2) is 18.0 Å². The summed E-state index contributed by atoms with van der Waals surface area (Å²) in [6.45, 7) is 0. The Morgan fingerprint density at radius 1 is 0.861 bits per heavy atom. The summed E-state index contributed by atoms with van der Waals surface area (Å²) in [5.41, 5.74) is -0.628. The zero-order chi connectivity index (χ0) is 25.8. The minimum Gasteiger partial charge on any atom is -0.424 e. The topological polar surface area (TPSA) is 56.1 Å². The van der Waals surface area contributed by atoms with Gasteiger partial charge in [0.25, 0.3) is 0 Å². The molecule has 1 aliphatic heterocycles. The number of hydrogen-bond acceptors (Lipinski definition) is 3. The maximum absolute atomic E-state index is 14.2. The predicted octanol–water partition coefficient (Wildman–Crippen LogP) is 6.79. The first kappa shape index (κ1) is 23.4. The van der Waals surface area contributed by atoms with Crippen molar-refractivity contribution < 1.29 is 40.3 Å². The summed E-state index contributed by atoms with van der Waals surface area (Å²) in [4.78, 5) is 12.8. The molecular weight excluding hydrogens is 495 g/mol. The number of rotatable bonds is 3. The highest BCUT2D eigenvalue weighted by Crippen LogP contribution is 2.54. The number of carbonyl (C=O) groups excluding carboxylic acids is 1. The third-order valence-electron chi connectivity index (χ3n) is 5.42. The Balaban J connectivity index is 1.52. The Kier molecular flexibility index (Phi) is 5.27. The van der Waals surface area contributed by atoms with E-state index in [2.05, 4.69) is 15.2 Å². The molecule has 0 atom stereocenters. The van der Waals surface area contributed by atoms with Crippen molar-refractivity contribution in [1.82, 2.24) is 9.78 Å². The molecule has 12 heteroatoms. The molecule has 3 aromatic carbocycles. The van der Waals surface area contributed by atoms with Crippen molar-refractivity contribution in [2.24, 2.45) is 0 Å². The molecule has 0 radical (unpaired) electrons. The largest absolute Gasteiger partial charge is 0.469 e. The van der Waals surface area contributed by atoms with Crippen molar-refractivity contribution in [1.29, 1.82) is 0 Å². The van der Waals surface area contributed by atoms with E-state index in [4.69, 9.17) is 0 Å². The first-order valence-corrected chi connectivity index (χ1v) is 10.2. The Morgan fingerprint density at radius 2 is 1.44 bits per heavy atom. The van der Waals surface area contributed by atoms with Gasteiger partial charge in [-0.3, -0.25) is 0 Å². The second kappa shape index (κ2) is 8.11. The van der Waals surface area contributed by atoms with Crippen molar-refractivity contribution >= 4 is 11.7 Å². The highest BCUT2D eigenvalue weighted by atomic mass is 19.3. The standard InChI is InChI=1S/C24H12F7N3O2/c25-14-5-1-12(2-6-14)17-11-34(33-20(17)13-3-7-15(26)8-4-13)22(35)32-16-9-18-21(19(27)10-16)36-24(30,31)23(18,28)29/h1-11H,(H,32,35). The molecule has 0 aliphatic carbocycles. The molecule has 0 saturated carbocycles. The van der Waals surface area contributed by atoms with E-state index in [-0.39, 0.29) is 5.69 Å². The van der Waals surface area contributed by atoms with E-state index >= 15 is 0 Å². The minimum atomic E-state index is -4.96. The number of hydrogen-bond donors (Lipinski definition) is 1. The Hall–Kier alpha value is -4.35. The summed E-state index contributed by atoms with van der Waals surface area (Å²) in [6.07, 6.45) is -3.73. The fourth-order valence-corrected chi connectivity index (χ4v) is 3.67. The van der Waals surface area contributed by atoms with Crippen LogP contribution in [0.2, 0.25) is 0 Å². The van der Waals surface area contributed by atoms with Gasteiger partial charge in [0.2, 0.25) is 0 Å². The van der Waals surface area contributed by atoms with Gasteiger partial charge in [0.05, 0.1) is 5.56 Å². The second-order valence-electron chi connectivity index (χ2n) is 7.81. The van der Waals surface area contributed by atoms with Crippen LogP contribution in [-0.4, -0.2) is 21.9 Å². The van der Waals surface area contributed by atoms with Crippen LogP contribution < -0.4 is 10.1 Å². The van der Waals surface area contributed by atoms with Gasteiger partial charge in [-0.2, -0.15) is 27.3 Å². The lowest BCUT2D eigenvalue weighted by molar-refractivity contribution is -0.296. The van der Waals surface area contributed by atoms with Gasteiger partial charge < -0.3 is 10.1 Å². The van der Waals surface area contributed by atoms with Crippen molar-refractivity contribution in [3.8, 4) is 28.1 Å². The van der Waals surface area contributed by atoms with Crippen LogP contribution in [0, 0.1) is 17.5 Å². The zero-order valence-electron chi connectivity index (χ0n) is 17.7. The maximum Gasteiger partial charge on any atom is 0.469 e. The van der Waals surface area contributed by atoms with Crippen molar-refractivity contribution in [3.05, 3.63) is 89.9 Å². The molecule has 5 nitrogen and oxygen atoms in total. The number of anilines is 1. The lowest BCUT2D eigenvalue weighted by Crippen LogP contribution is -2.37. The van der Waals surface area contributed by atoms with E-state index < -0.39 is 52.5 Å². The summed E-state index contributed by atoms with van der Waals surface area (Å²) in [5.74, 6) is -8.72. The van der Waals surface area contributed by atoms with Crippen LogP contribution in [0.3, 0.4) is 0 Å². The summed E-state index contributed by atoms with van der Waals surface area (Å²) in [7, 11) is 0. The number of amides is 1. The smallest absolute Gasteiger partial charge is 0.424 e. The first-order chi connectivity index (χ1) is 17.0. The molecule has 1 N–H and O–H groups in total. The van der Waals surface area contributed by atoms with E-state index in [0.717, 1.165) is 16.8 Å². The van der Waals surface area contributed by atoms with Crippen LogP contribution in [0.25, 0.3) is 22.4 Å². The number of fused-ring (bicyclic) bond motifs is 1. The highest BCUT2D eigenvalue weighted by molar-refractivity contribution is 5.93. The molecule has 1 aliphatic rings. The van der Waals surface area contributed by atoms with Gasteiger partial charge in [0, 0.05) is 29.1 Å². The molecule has 0 bridgehead atoms. The first-order valence-electron chi connectivity index (χ1n) is 10.2. The summed E-state index contributed by atoms with van der Waals surface area (Å²) < 4.78 is 101. The predicted molar refractivity (Wildman–Crippen MR) is 113 cm³/mol. The summed E-state index contributed by atoms with van der Waals surface area (Å²) in [5, 5.41) is 6.28. The second-order valence-corrected chi connectivity index (χ2v) is 7.81. The van der Waals surface area contributed by atoms with Gasteiger partial charge in [-0.15, -0.1) is 0 Å². The third-order valence-corrected chi connectivity index (χ3v) is 5.42. The fraction of sp³-hybridized carbons (Fsp3) is 0.0833. The molecule has 1 aromatic heterocycles. The Bertz CT molecular complexity index is 1420. The number of halogens is 7. The number of nitrogens with zero attached hydrogens (tertiary/aromatic N) is 2. The third kappa shape index (κ3) is 3.84. The van der Waals surface area contributed by atoms with Crippen LogP contribution in [0.4, 0.5) is 41.2 Å². The van der Waals surface area contributed by atoms with Crippen LogP contribution in [0.1, 0.15) is 5.56 Å². The van der Waals surface area contributed by atoms with E-state index in [0.29, 0.717) is 28.8 Å². The lowest BCUT2D eigenvalue weighted by Gasteiger charge is -2.16. The monoisotopic (exact) mass is 507 g/mol. The average molecular weight is 507 g/mol. The van der Waals surface area contributed by atoms with Gasteiger partial charge in [0.15, 0.2) is 11.6 Å². The number of ether oxygens (including phenoxy) is 1. The molecule has 0 fully saturated rings. The van der Waals surface area contributed by atoms with Crippen LogP contribution in [-0.2, 0) is 5.92 Å². The highest BCUT2D eigenvalue weighted by Gasteiger charge is 2.67. The van der Waals surface area contributed by atoms with Gasteiger partial charge in [0.1, 0.15) is 17.3 Å². The lowest BCUT2D eigenvalue weighted by atomic mass is 10.0. The van der Waals surface area contributed by atoms with Gasteiger partial charge in [-0.1, -0.05) is 12.1 Å². The van der Waals surface area contributed by atoms with E-state index in [1.54, 1.807) is 0 Å². The van der Waals surface area contributed by atoms with E-state index in [1.807, 2.05) is 0 Å². The summed E-state index contributed by atoms with van der Waals surface area (Å²) >= 11 is 0. The fourth-order valence-electron chi connectivity index (χ4n) is 3.67. The van der Waals surface area contributed by atoms with Crippen molar-refractivity contribution in [2.75, 3.05) is 5.32 Å². The Labute approximate surface area is 197 Å². The number of carbonyl (C=O) groups is 1. The molecule has 5 rings (SSSR count). The molecule has 0 unspecified atom stereocenters. The van der Waals surface area contributed by atoms with E-state index in [1.165, 1.54) is 42.6 Å². The van der Waals surface area contributed by atoms with Crippen LogP contribution >= 0.6 is 0 Å². The number of alkyl halides is 4. The molecular formula is C24H12F7N3O2. The molecule has 2 heterocycles. The van der Waals surface area contributed by atoms with Crippen LogP contribution in [0.15, 0.2) is 66.9 Å². The quantitative estimate of drug-likeness (QED) is 0.311. The molecule has 36 heavy (non-hydrogen) atoms. The minimum absolute atomic E-state index is 0.191. The number of benzene rings is 3. The summed E-state index contributed by atoms with van der Waals surface area (Å²) in [6, 6.07) is 10.2. The molecule has 4 aromatic rings. The average Bonchev–Trinajstić information content (AvgIpc) is 3.33. The maximum atomic E-state index is 14.2. The normalized spacial score (nSPS) is 15.3. The zero-order valence-corrected chi connectivity index (χ0v) is 17.7. The molecule has 0 spiro atoms. The number of nitrogens with one attached hydrogen (secondary N) is 1. The molecule has 0 saturated heterocycles. The molecule has 1 amide bonds. The van der Waals surface area contributed by atoms with Crippen molar-refractivity contribution in [3.63, 3.8) is 0 Å². The van der Waals surface area contributed by atoms with E-state index in [9.17, 15) is 35.5 Å². The molecule has 184 valence electrons. The van der Waals surface area contributed by atoms with Crippen molar-refractivity contribution in [2.45, 2.75) is 12.0 Å². The Morgan fingerprint density at radius 3 is 2.06 bits per heavy atom. The van der Waals surface area contributed by atoms with Crippen LogP contribution in [0.5, 0.6) is 5.75 Å².